The van der Waals surface area contributed by atoms with E-state index in [-0.39, 0.29) is 22.6 Å². The Morgan fingerprint density at radius 1 is 1.24 bits per heavy atom. The number of nitro benzene ring substituents is 1. The number of rotatable bonds is 4. The van der Waals surface area contributed by atoms with Gasteiger partial charge in [0, 0.05) is 17.8 Å². The summed E-state index contributed by atoms with van der Waals surface area (Å²) >= 11 is 0. The first-order valence-electron chi connectivity index (χ1n) is 6.47. The smallest absolute Gasteiger partial charge is 0.289 e. The van der Waals surface area contributed by atoms with E-state index >= 15 is 0 Å². The molecular formula is C13H19N3O4S. The molecular weight excluding hydrogens is 294 g/mol. The van der Waals surface area contributed by atoms with E-state index in [1.54, 1.807) is 0 Å². The monoisotopic (exact) mass is 313 g/mol. The molecule has 0 atom stereocenters. The minimum absolute atomic E-state index is 0.162. The van der Waals surface area contributed by atoms with Gasteiger partial charge in [-0.25, -0.2) is 13.1 Å². The van der Waals surface area contributed by atoms with Crippen molar-refractivity contribution in [3.05, 3.63) is 28.3 Å². The Morgan fingerprint density at radius 3 is 2.19 bits per heavy atom. The highest BCUT2D eigenvalue weighted by Crippen LogP contribution is 2.63. The molecule has 3 N–H and O–H groups in total. The van der Waals surface area contributed by atoms with Crippen molar-refractivity contribution in [3.8, 4) is 0 Å². The second-order valence-corrected chi connectivity index (χ2v) is 8.16. The molecule has 1 aliphatic rings. The molecule has 1 aromatic carbocycles. The van der Waals surface area contributed by atoms with Crippen molar-refractivity contribution >= 4 is 21.4 Å². The molecule has 1 saturated carbocycles. The van der Waals surface area contributed by atoms with E-state index in [9.17, 15) is 18.5 Å². The molecule has 1 aromatic rings. The molecule has 0 amide bonds. The van der Waals surface area contributed by atoms with Gasteiger partial charge in [-0.3, -0.25) is 10.1 Å². The number of nitrogens with zero attached hydrogens (tertiary/aromatic N) is 1. The fourth-order valence-electron chi connectivity index (χ4n) is 2.61. The summed E-state index contributed by atoms with van der Waals surface area (Å²) < 4.78 is 27.5. The van der Waals surface area contributed by atoms with Crippen LogP contribution in [-0.4, -0.2) is 19.4 Å². The molecule has 1 aliphatic carbocycles. The van der Waals surface area contributed by atoms with Gasteiger partial charge in [0.1, 0.15) is 0 Å². The van der Waals surface area contributed by atoms with Crippen LogP contribution in [0.5, 0.6) is 0 Å². The molecule has 0 aromatic heterocycles. The predicted octanol–water partition coefficient (Wildman–Crippen LogP) is 1.89. The Bertz CT molecular complexity index is 696. The van der Waals surface area contributed by atoms with Crippen LogP contribution in [0.3, 0.4) is 0 Å². The average molecular weight is 313 g/mol. The second-order valence-electron chi connectivity index (χ2n) is 6.48. The Labute approximate surface area is 123 Å². The summed E-state index contributed by atoms with van der Waals surface area (Å²) in [6.07, 6.45) is 0. The third-order valence-corrected chi connectivity index (χ3v) is 6.22. The summed E-state index contributed by atoms with van der Waals surface area (Å²) in [6.45, 7) is 7.81. The van der Waals surface area contributed by atoms with E-state index in [2.05, 4.69) is 4.72 Å². The number of nitrogens with one attached hydrogen (secondary N) is 1. The van der Waals surface area contributed by atoms with Crippen molar-refractivity contribution in [2.24, 2.45) is 10.8 Å². The first-order chi connectivity index (χ1) is 9.41. The number of nitrogen functional groups attached to an aromatic ring is 1. The Morgan fingerprint density at radius 2 is 1.76 bits per heavy atom. The maximum Gasteiger partial charge on any atom is 0.289 e. The number of hydrogen-bond donors (Lipinski definition) is 2. The van der Waals surface area contributed by atoms with Crippen LogP contribution in [0.2, 0.25) is 0 Å². The summed E-state index contributed by atoms with van der Waals surface area (Å²) in [5, 5.41) is 11.0. The van der Waals surface area contributed by atoms with Gasteiger partial charge in [-0.15, -0.1) is 0 Å². The molecule has 116 valence electrons. The van der Waals surface area contributed by atoms with Gasteiger partial charge in [-0.05, 0) is 23.0 Å². The molecule has 0 aliphatic heterocycles. The highest BCUT2D eigenvalue weighted by molar-refractivity contribution is 7.89. The molecule has 0 saturated heterocycles. The molecule has 0 radical (unpaired) electrons. The molecule has 0 spiro atoms. The summed E-state index contributed by atoms with van der Waals surface area (Å²) in [6, 6.07) is 3.24. The van der Waals surface area contributed by atoms with Crippen molar-refractivity contribution in [2.75, 3.05) is 5.73 Å². The fourth-order valence-corrected chi connectivity index (χ4v) is 4.34. The van der Waals surface area contributed by atoms with Crippen molar-refractivity contribution in [1.82, 2.24) is 4.72 Å². The number of benzene rings is 1. The van der Waals surface area contributed by atoms with E-state index in [0.717, 1.165) is 12.1 Å². The molecule has 0 heterocycles. The number of sulfonamides is 1. The predicted molar refractivity (Wildman–Crippen MR) is 79.2 cm³/mol. The van der Waals surface area contributed by atoms with Crippen LogP contribution in [0.4, 0.5) is 11.4 Å². The van der Waals surface area contributed by atoms with Crippen LogP contribution in [0, 0.1) is 20.9 Å². The summed E-state index contributed by atoms with van der Waals surface area (Å²) in [4.78, 5) is 9.89. The molecule has 2 rings (SSSR count). The molecule has 0 unspecified atom stereocenters. The van der Waals surface area contributed by atoms with Crippen LogP contribution < -0.4 is 10.5 Å². The number of hydrogen-bond acceptors (Lipinski definition) is 5. The standard InChI is InChI=1S/C13H19N3O4S/c1-12(2)11(13(12,3)4)15-21(19,20)10-7-8(14)5-6-9(10)16(17)18/h5-7,11,15H,14H2,1-4H3. The number of anilines is 1. The van der Waals surface area contributed by atoms with Gasteiger partial charge in [-0.1, -0.05) is 27.7 Å². The van der Waals surface area contributed by atoms with Crippen LogP contribution >= 0.6 is 0 Å². The average Bonchev–Trinajstić information content (AvgIpc) is 2.71. The maximum atomic E-state index is 12.5. The topological polar surface area (TPSA) is 115 Å². The van der Waals surface area contributed by atoms with Crippen molar-refractivity contribution in [2.45, 2.75) is 38.6 Å². The third-order valence-electron chi connectivity index (χ3n) is 4.76. The lowest BCUT2D eigenvalue weighted by atomic mass is 10.0. The highest BCUT2D eigenvalue weighted by Gasteiger charge is 2.66. The minimum Gasteiger partial charge on any atom is -0.399 e. The number of nitro groups is 1. The minimum atomic E-state index is -4.01. The van der Waals surface area contributed by atoms with Crippen LogP contribution in [-0.2, 0) is 10.0 Å². The van der Waals surface area contributed by atoms with E-state index in [1.807, 2.05) is 27.7 Å². The first kappa shape index (κ1) is 15.7. The zero-order chi connectivity index (χ0) is 16.2. The van der Waals surface area contributed by atoms with E-state index in [1.165, 1.54) is 6.07 Å². The first-order valence-corrected chi connectivity index (χ1v) is 7.96. The molecule has 0 bridgehead atoms. The SMILES string of the molecule is CC1(C)C(NS(=O)(=O)c2cc(N)ccc2[N+](=O)[O-])C1(C)C. The molecule has 8 heteroatoms. The van der Waals surface area contributed by atoms with E-state index < -0.39 is 25.5 Å². The van der Waals surface area contributed by atoms with Gasteiger partial charge in [0.05, 0.1) is 4.92 Å². The lowest BCUT2D eigenvalue weighted by molar-refractivity contribution is -0.387. The molecule has 1 fully saturated rings. The molecule has 7 nitrogen and oxygen atoms in total. The van der Waals surface area contributed by atoms with Crippen LogP contribution in [0.15, 0.2) is 23.1 Å². The fraction of sp³-hybridized carbons (Fsp3) is 0.538. The summed E-state index contributed by atoms with van der Waals surface area (Å²) in [7, 11) is -4.01. The van der Waals surface area contributed by atoms with Gasteiger partial charge in [0.2, 0.25) is 10.0 Å². The third kappa shape index (κ3) is 2.38. The lowest BCUT2D eigenvalue weighted by Gasteiger charge is -2.09. The zero-order valence-corrected chi connectivity index (χ0v) is 13.2. The Kier molecular flexibility index (Phi) is 3.30. The van der Waals surface area contributed by atoms with Crippen molar-refractivity contribution < 1.29 is 13.3 Å². The van der Waals surface area contributed by atoms with Crippen LogP contribution in [0.25, 0.3) is 0 Å². The van der Waals surface area contributed by atoms with Crippen LogP contribution in [0.1, 0.15) is 27.7 Å². The number of nitrogens with two attached hydrogens (primary N) is 1. The lowest BCUT2D eigenvalue weighted by Crippen LogP contribution is -2.30. The quantitative estimate of drug-likeness (QED) is 0.500. The van der Waals surface area contributed by atoms with E-state index in [4.69, 9.17) is 5.73 Å². The highest BCUT2D eigenvalue weighted by atomic mass is 32.2. The molecule has 21 heavy (non-hydrogen) atoms. The Balaban J connectivity index is 2.42. The van der Waals surface area contributed by atoms with Gasteiger partial charge < -0.3 is 5.73 Å². The second kappa shape index (κ2) is 4.41. The Hall–Kier alpha value is -1.67. The zero-order valence-electron chi connectivity index (χ0n) is 12.4. The van der Waals surface area contributed by atoms with Crippen molar-refractivity contribution in [3.63, 3.8) is 0 Å². The van der Waals surface area contributed by atoms with Crippen molar-refractivity contribution in [1.29, 1.82) is 0 Å². The summed E-state index contributed by atoms with van der Waals surface area (Å²) in [5.41, 5.74) is 4.82. The van der Waals surface area contributed by atoms with Gasteiger partial charge >= 0.3 is 0 Å². The van der Waals surface area contributed by atoms with Gasteiger partial charge in [-0.2, -0.15) is 0 Å². The van der Waals surface area contributed by atoms with E-state index in [0.29, 0.717) is 0 Å². The maximum absolute atomic E-state index is 12.5. The normalized spacial score (nSPS) is 20.2. The largest absolute Gasteiger partial charge is 0.399 e. The summed E-state index contributed by atoms with van der Waals surface area (Å²) in [5.74, 6) is 0. The van der Waals surface area contributed by atoms with Gasteiger partial charge in [0.25, 0.3) is 5.69 Å². The van der Waals surface area contributed by atoms with Gasteiger partial charge in [0.15, 0.2) is 4.90 Å².